The van der Waals surface area contributed by atoms with E-state index in [4.69, 9.17) is 9.47 Å². The zero-order valence-electron chi connectivity index (χ0n) is 24.4. The molecule has 0 radical (unpaired) electrons. The number of halogens is 1. The number of benzene rings is 2. The van der Waals surface area contributed by atoms with Crippen molar-refractivity contribution in [2.75, 3.05) is 7.11 Å². The highest BCUT2D eigenvalue weighted by atomic mass is 79.9. The molecule has 2 heterocycles. The molecular formula is C32H40BrNO6Si. The van der Waals surface area contributed by atoms with Crippen LogP contribution in [0.3, 0.4) is 0 Å². The number of methoxy groups -OCH3 is 1. The van der Waals surface area contributed by atoms with Gasteiger partial charge in [-0.2, -0.15) is 0 Å². The fraction of sp³-hybridized carbons (Fsp3) is 0.438. The van der Waals surface area contributed by atoms with Crippen LogP contribution in [0.25, 0.3) is 0 Å². The van der Waals surface area contributed by atoms with Gasteiger partial charge in [0.1, 0.15) is 5.69 Å². The maximum absolute atomic E-state index is 12.9. The molecule has 0 saturated heterocycles. The third-order valence-corrected chi connectivity index (χ3v) is 13.9. The van der Waals surface area contributed by atoms with Gasteiger partial charge in [-0.25, -0.2) is 0 Å². The van der Waals surface area contributed by atoms with Gasteiger partial charge >= 0.3 is 5.97 Å². The van der Waals surface area contributed by atoms with Gasteiger partial charge in [0.25, 0.3) is 8.32 Å². The Balaban J connectivity index is 1.60. The van der Waals surface area contributed by atoms with Crippen molar-refractivity contribution in [2.45, 2.75) is 77.2 Å². The molecule has 2 aromatic carbocycles. The predicted octanol–water partition coefficient (Wildman–Crippen LogP) is 4.70. The van der Waals surface area contributed by atoms with Crippen LogP contribution in [0.15, 0.2) is 76.1 Å². The molecule has 3 aromatic rings. The maximum Gasteiger partial charge on any atom is 0.303 e. The summed E-state index contributed by atoms with van der Waals surface area (Å²) >= 11 is 3.28. The zero-order valence-corrected chi connectivity index (χ0v) is 27.0. The van der Waals surface area contributed by atoms with Crippen molar-refractivity contribution in [3.63, 3.8) is 0 Å². The lowest BCUT2D eigenvalue weighted by molar-refractivity contribution is -0.167. The van der Waals surface area contributed by atoms with Crippen LogP contribution in [0.2, 0.25) is 5.04 Å². The predicted molar refractivity (Wildman–Crippen MR) is 166 cm³/mol. The van der Waals surface area contributed by atoms with Crippen molar-refractivity contribution in [2.24, 2.45) is 5.41 Å². The smallest absolute Gasteiger partial charge is 0.303 e. The molecule has 7 nitrogen and oxygen atoms in total. The number of hydrogen-bond donors (Lipinski definition) is 2. The number of aliphatic hydroxyl groups is 1. The van der Waals surface area contributed by atoms with Crippen LogP contribution in [0.5, 0.6) is 5.75 Å². The molecule has 1 aliphatic rings. The number of ether oxygens (including phenoxy) is 2. The fourth-order valence-corrected chi connectivity index (χ4v) is 10.5. The summed E-state index contributed by atoms with van der Waals surface area (Å²) in [6, 6.07) is 19.9. The molecule has 0 bridgehead atoms. The summed E-state index contributed by atoms with van der Waals surface area (Å²) < 4.78 is 13.4. The molecule has 9 heteroatoms. The van der Waals surface area contributed by atoms with E-state index in [9.17, 15) is 19.5 Å². The topological polar surface area (TPSA) is 98.0 Å². The first-order chi connectivity index (χ1) is 19.4. The van der Waals surface area contributed by atoms with Crippen molar-refractivity contribution in [1.82, 2.24) is 4.57 Å². The number of hydrogen-bond acceptors (Lipinski definition) is 6. The van der Waals surface area contributed by atoms with Crippen molar-refractivity contribution < 1.29 is 24.2 Å². The van der Waals surface area contributed by atoms with Crippen LogP contribution >= 0.6 is 15.9 Å². The van der Waals surface area contributed by atoms with Gasteiger partial charge in [0.05, 0.1) is 17.7 Å². The van der Waals surface area contributed by atoms with Gasteiger partial charge < -0.3 is 23.9 Å². The molecule has 0 spiro atoms. The molecule has 0 saturated carbocycles. The number of pyridine rings is 1. The lowest BCUT2D eigenvalue weighted by Gasteiger charge is -2.46. The SMILES string of the molecule is COc1c2n(cc(Br)c1=O)CC(O)C(C)(CCCCC(C)(C)[Si](O)(c1ccccc1)c1ccccc1)C2OC(C)=O. The zero-order chi connectivity index (χ0) is 30.0. The Morgan fingerprint density at radius 2 is 1.66 bits per heavy atom. The Kier molecular flexibility index (Phi) is 9.33. The van der Waals surface area contributed by atoms with E-state index in [0.29, 0.717) is 16.6 Å². The van der Waals surface area contributed by atoms with Gasteiger partial charge in [0, 0.05) is 25.1 Å². The second-order valence-electron chi connectivity index (χ2n) is 11.9. The van der Waals surface area contributed by atoms with Crippen LogP contribution in [0.1, 0.15) is 65.2 Å². The third-order valence-electron chi connectivity index (χ3n) is 8.83. The molecule has 1 aromatic heterocycles. The molecule has 0 amide bonds. The summed E-state index contributed by atoms with van der Waals surface area (Å²) in [7, 11) is -1.72. The standard InChI is InChI=1S/C32H40BrNO6Si/c1-22(35)40-30-27-29(39-5)28(37)25(33)20-34(27)21-26(36)32(30,4)19-13-12-18-31(2,3)41(38,23-14-8-6-9-15-23)24-16-10-7-11-17-24/h6-11,14-17,20,26,30,36,38H,12-13,18-19,21H2,1-5H3. The van der Waals surface area contributed by atoms with Gasteiger partial charge in [-0.1, -0.05) is 94.3 Å². The molecule has 3 atom stereocenters. The van der Waals surface area contributed by atoms with E-state index in [2.05, 4.69) is 29.8 Å². The number of esters is 1. The highest BCUT2D eigenvalue weighted by molar-refractivity contribution is 9.10. The van der Waals surface area contributed by atoms with Crippen LogP contribution in [-0.2, 0) is 16.1 Å². The van der Waals surface area contributed by atoms with Crippen molar-refractivity contribution in [3.8, 4) is 5.75 Å². The number of aromatic nitrogens is 1. The highest BCUT2D eigenvalue weighted by Gasteiger charge is 2.51. The average molecular weight is 643 g/mol. The van der Waals surface area contributed by atoms with E-state index in [1.165, 1.54) is 14.0 Å². The number of fused-ring (bicyclic) bond motifs is 1. The van der Waals surface area contributed by atoms with Gasteiger partial charge in [0.15, 0.2) is 11.9 Å². The van der Waals surface area contributed by atoms with E-state index in [0.717, 1.165) is 29.6 Å². The Labute approximate surface area is 251 Å². The summed E-state index contributed by atoms with van der Waals surface area (Å²) in [5, 5.41) is 12.9. The van der Waals surface area contributed by atoms with Crippen molar-refractivity contribution >= 4 is 40.6 Å². The van der Waals surface area contributed by atoms with E-state index >= 15 is 0 Å². The van der Waals surface area contributed by atoms with Crippen LogP contribution in [-0.4, -0.2) is 42.0 Å². The molecule has 4 rings (SSSR count). The lowest BCUT2D eigenvalue weighted by atomic mass is 9.70. The molecule has 3 unspecified atom stereocenters. The molecule has 1 aliphatic heterocycles. The van der Waals surface area contributed by atoms with Crippen LogP contribution in [0, 0.1) is 5.41 Å². The molecule has 220 valence electrons. The minimum atomic E-state index is -3.14. The van der Waals surface area contributed by atoms with Gasteiger partial charge in [-0.3, -0.25) is 9.59 Å². The summed E-state index contributed by atoms with van der Waals surface area (Å²) in [6.45, 7) is 7.76. The largest absolute Gasteiger partial charge is 0.491 e. The number of rotatable bonds is 10. The molecular weight excluding hydrogens is 602 g/mol. The maximum atomic E-state index is 12.9. The monoisotopic (exact) mass is 641 g/mol. The number of carbonyl (C=O) groups excluding carboxylic acids is 1. The Bertz CT molecular complexity index is 1390. The number of aliphatic hydroxyl groups excluding tert-OH is 1. The van der Waals surface area contributed by atoms with Crippen molar-refractivity contribution in [3.05, 3.63) is 87.3 Å². The van der Waals surface area contributed by atoms with Crippen molar-refractivity contribution in [1.29, 1.82) is 0 Å². The molecule has 41 heavy (non-hydrogen) atoms. The second kappa shape index (κ2) is 12.3. The van der Waals surface area contributed by atoms with E-state index in [1.54, 1.807) is 10.8 Å². The fourth-order valence-electron chi connectivity index (χ4n) is 6.33. The minimum Gasteiger partial charge on any atom is -0.491 e. The van der Waals surface area contributed by atoms with E-state index in [1.807, 2.05) is 67.6 Å². The quantitative estimate of drug-likeness (QED) is 0.189. The molecule has 0 aliphatic carbocycles. The molecule has 0 fully saturated rings. The number of nitrogens with zero attached hydrogens (tertiary/aromatic N) is 1. The van der Waals surface area contributed by atoms with E-state index in [-0.39, 0.29) is 17.7 Å². The summed E-state index contributed by atoms with van der Waals surface area (Å²) in [5.74, 6) is -0.395. The second-order valence-corrected chi connectivity index (χ2v) is 16.7. The highest BCUT2D eigenvalue weighted by Crippen LogP contribution is 2.50. The average Bonchev–Trinajstić information content (AvgIpc) is 2.95. The first-order valence-corrected chi connectivity index (χ1v) is 16.8. The first kappa shape index (κ1) is 31.2. The normalized spacial score (nSPS) is 20.8. The summed E-state index contributed by atoms with van der Waals surface area (Å²) in [6.07, 6.45) is 2.75. The lowest BCUT2D eigenvalue weighted by Crippen LogP contribution is -2.65. The van der Waals surface area contributed by atoms with Gasteiger partial charge in [0.2, 0.25) is 5.43 Å². The van der Waals surface area contributed by atoms with Crippen LogP contribution < -0.4 is 20.5 Å². The molecule has 2 N–H and O–H groups in total. The third kappa shape index (κ3) is 5.82. The number of unbranched alkanes of at least 4 members (excludes halogenated alkanes) is 1. The minimum absolute atomic E-state index is 0.103. The van der Waals surface area contributed by atoms with Crippen LogP contribution in [0.4, 0.5) is 0 Å². The van der Waals surface area contributed by atoms with E-state index < -0.39 is 36.9 Å². The summed E-state index contributed by atoms with van der Waals surface area (Å²) in [4.78, 5) is 37.6. The van der Waals surface area contributed by atoms with Gasteiger partial charge in [-0.05, 0) is 44.2 Å². The number of carbonyl (C=O) groups is 1. The first-order valence-electron chi connectivity index (χ1n) is 14.0. The van der Waals surface area contributed by atoms with Gasteiger partial charge in [-0.15, -0.1) is 0 Å². The Morgan fingerprint density at radius 1 is 1.10 bits per heavy atom. The Hall–Kier alpha value is -2.72. The summed E-state index contributed by atoms with van der Waals surface area (Å²) in [5.41, 5.74) is -0.725. The Morgan fingerprint density at radius 3 is 2.17 bits per heavy atom.